The number of hydrogen-bond donors (Lipinski definition) is 2. The lowest BCUT2D eigenvalue weighted by molar-refractivity contribution is -0.127. The molecule has 1 saturated carbocycles. The number of rotatable bonds is 5. The summed E-state index contributed by atoms with van der Waals surface area (Å²) >= 11 is 0. The second-order valence-electron chi connectivity index (χ2n) is 6.62. The van der Waals surface area contributed by atoms with E-state index in [1.807, 2.05) is 24.3 Å². The van der Waals surface area contributed by atoms with Crippen molar-refractivity contribution in [3.63, 3.8) is 0 Å². The molecule has 138 valence electrons. The molecule has 3 rings (SSSR count). The number of nitrogens with zero attached hydrogens (tertiary/aromatic N) is 1. The lowest BCUT2D eigenvalue weighted by atomic mass is 10.0. The molecule has 1 heterocycles. The number of carbonyl (C=O) groups is 2. The first-order valence-electron chi connectivity index (χ1n) is 8.58. The highest BCUT2D eigenvalue weighted by molar-refractivity contribution is 6.01. The third kappa shape index (κ3) is 4.07. The molecule has 3 N–H and O–H groups in total. The van der Waals surface area contributed by atoms with E-state index < -0.39 is 0 Å². The number of anilines is 1. The largest absolute Gasteiger partial charge is 0.495 e. The van der Waals surface area contributed by atoms with Gasteiger partial charge in [-0.1, -0.05) is 18.6 Å². The molecular formula is C18H26ClN3O3. The highest BCUT2D eigenvalue weighted by Gasteiger charge is 2.38. The lowest BCUT2D eigenvalue weighted by Crippen LogP contribution is -2.43. The Balaban J connectivity index is 0.00000225. The molecule has 3 atom stereocenters. The molecule has 1 aliphatic heterocycles. The summed E-state index contributed by atoms with van der Waals surface area (Å²) < 4.78 is 5.33. The number of benzene rings is 1. The van der Waals surface area contributed by atoms with Crippen LogP contribution in [0.2, 0.25) is 0 Å². The normalized spacial score (nSPS) is 25.6. The van der Waals surface area contributed by atoms with Crippen LogP contribution in [-0.2, 0) is 9.59 Å². The van der Waals surface area contributed by atoms with Crippen LogP contribution in [0.5, 0.6) is 5.75 Å². The zero-order valence-electron chi connectivity index (χ0n) is 14.4. The van der Waals surface area contributed by atoms with Crippen LogP contribution < -0.4 is 20.7 Å². The summed E-state index contributed by atoms with van der Waals surface area (Å²) in [6, 6.07) is 7.54. The van der Waals surface area contributed by atoms with Crippen LogP contribution in [0.3, 0.4) is 0 Å². The highest BCUT2D eigenvalue weighted by atomic mass is 35.5. The number of nitrogens with two attached hydrogens (primary N) is 1. The van der Waals surface area contributed by atoms with Gasteiger partial charge < -0.3 is 20.7 Å². The number of amides is 2. The molecule has 0 aromatic heterocycles. The SMILES string of the molecule is COc1ccccc1N1CC(C(=O)NC2CCCC2CN)CC1=O.Cl. The van der Waals surface area contributed by atoms with E-state index in [-0.39, 0.29) is 42.6 Å². The average Bonchev–Trinajstić information content (AvgIpc) is 3.21. The Morgan fingerprint density at radius 3 is 2.84 bits per heavy atom. The minimum absolute atomic E-state index is 0. The third-order valence-electron chi connectivity index (χ3n) is 5.16. The van der Waals surface area contributed by atoms with Gasteiger partial charge >= 0.3 is 0 Å². The van der Waals surface area contributed by atoms with E-state index in [9.17, 15) is 9.59 Å². The van der Waals surface area contributed by atoms with Crippen LogP contribution in [0, 0.1) is 11.8 Å². The molecule has 1 aromatic rings. The minimum atomic E-state index is -0.318. The van der Waals surface area contributed by atoms with E-state index in [4.69, 9.17) is 10.5 Å². The fraction of sp³-hybridized carbons (Fsp3) is 0.556. The van der Waals surface area contributed by atoms with E-state index in [0.29, 0.717) is 24.8 Å². The Morgan fingerprint density at radius 2 is 2.12 bits per heavy atom. The number of ether oxygens (including phenoxy) is 1. The average molecular weight is 368 g/mol. The van der Waals surface area contributed by atoms with Crippen molar-refractivity contribution in [2.45, 2.75) is 31.7 Å². The predicted octanol–water partition coefficient (Wildman–Crippen LogP) is 1.71. The molecule has 2 fully saturated rings. The maximum absolute atomic E-state index is 12.6. The van der Waals surface area contributed by atoms with Gasteiger partial charge in [0.1, 0.15) is 5.75 Å². The van der Waals surface area contributed by atoms with Gasteiger partial charge in [-0.05, 0) is 37.4 Å². The van der Waals surface area contributed by atoms with Crippen LogP contribution >= 0.6 is 12.4 Å². The van der Waals surface area contributed by atoms with Crippen LogP contribution in [-0.4, -0.2) is 38.1 Å². The summed E-state index contributed by atoms with van der Waals surface area (Å²) in [4.78, 5) is 26.6. The summed E-state index contributed by atoms with van der Waals surface area (Å²) in [7, 11) is 1.58. The molecule has 1 aliphatic carbocycles. The van der Waals surface area contributed by atoms with Gasteiger partial charge in [-0.25, -0.2) is 0 Å². The number of hydrogen-bond acceptors (Lipinski definition) is 4. The number of para-hydroxylation sites is 2. The second-order valence-corrected chi connectivity index (χ2v) is 6.62. The molecule has 2 amide bonds. The molecule has 2 aliphatic rings. The van der Waals surface area contributed by atoms with E-state index in [1.165, 1.54) is 0 Å². The summed E-state index contributed by atoms with van der Waals surface area (Å²) in [5.74, 6) is 0.608. The number of halogens is 1. The Bertz CT molecular complexity index is 625. The lowest BCUT2D eigenvalue weighted by Gasteiger charge is -2.22. The molecule has 7 heteroatoms. The molecule has 0 spiro atoms. The maximum Gasteiger partial charge on any atom is 0.227 e. The zero-order valence-corrected chi connectivity index (χ0v) is 15.3. The molecule has 0 radical (unpaired) electrons. The number of carbonyl (C=O) groups excluding carboxylic acids is 2. The Morgan fingerprint density at radius 1 is 1.36 bits per heavy atom. The smallest absolute Gasteiger partial charge is 0.227 e. The predicted molar refractivity (Wildman–Crippen MR) is 99.0 cm³/mol. The van der Waals surface area contributed by atoms with Gasteiger partial charge in [-0.15, -0.1) is 12.4 Å². The highest BCUT2D eigenvalue weighted by Crippen LogP contribution is 2.33. The fourth-order valence-electron chi connectivity index (χ4n) is 3.78. The summed E-state index contributed by atoms with van der Waals surface area (Å²) in [6.45, 7) is 0.993. The van der Waals surface area contributed by atoms with E-state index >= 15 is 0 Å². The van der Waals surface area contributed by atoms with Gasteiger partial charge in [0.2, 0.25) is 11.8 Å². The third-order valence-corrected chi connectivity index (χ3v) is 5.16. The molecule has 0 bridgehead atoms. The Kier molecular flexibility index (Phi) is 6.67. The molecule has 6 nitrogen and oxygen atoms in total. The second kappa shape index (κ2) is 8.54. The van der Waals surface area contributed by atoms with Crippen molar-refractivity contribution in [1.82, 2.24) is 5.32 Å². The van der Waals surface area contributed by atoms with Gasteiger partial charge in [-0.2, -0.15) is 0 Å². The first-order chi connectivity index (χ1) is 11.6. The maximum atomic E-state index is 12.6. The molecule has 25 heavy (non-hydrogen) atoms. The molecule has 1 saturated heterocycles. The first kappa shape index (κ1) is 19.5. The van der Waals surface area contributed by atoms with Crippen molar-refractivity contribution in [1.29, 1.82) is 0 Å². The van der Waals surface area contributed by atoms with Crippen LogP contribution in [0.15, 0.2) is 24.3 Å². The first-order valence-corrected chi connectivity index (χ1v) is 8.58. The molecule has 1 aromatic carbocycles. The van der Waals surface area contributed by atoms with Crippen molar-refractivity contribution in [3.05, 3.63) is 24.3 Å². The Hall–Kier alpha value is -1.79. The van der Waals surface area contributed by atoms with Crippen LogP contribution in [0.4, 0.5) is 5.69 Å². The fourth-order valence-corrected chi connectivity index (χ4v) is 3.78. The van der Waals surface area contributed by atoms with Crippen molar-refractivity contribution < 1.29 is 14.3 Å². The minimum Gasteiger partial charge on any atom is -0.495 e. The summed E-state index contributed by atoms with van der Waals surface area (Å²) in [5, 5.41) is 3.11. The number of nitrogens with one attached hydrogen (secondary N) is 1. The molecule has 3 unspecified atom stereocenters. The zero-order chi connectivity index (χ0) is 17.1. The standard InChI is InChI=1S/C18H25N3O3.ClH/c1-24-16-8-3-2-7-15(16)21-11-13(9-17(21)22)18(23)20-14-6-4-5-12(14)10-19;/h2-3,7-8,12-14H,4-6,9-11,19H2,1H3,(H,20,23);1H. The van der Waals surface area contributed by atoms with Crippen molar-refractivity contribution in [3.8, 4) is 5.75 Å². The van der Waals surface area contributed by atoms with Crippen molar-refractivity contribution in [2.24, 2.45) is 17.6 Å². The van der Waals surface area contributed by atoms with E-state index in [2.05, 4.69) is 5.32 Å². The van der Waals surface area contributed by atoms with Gasteiger partial charge in [-0.3, -0.25) is 9.59 Å². The van der Waals surface area contributed by atoms with Gasteiger partial charge in [0.05, 0.1) is 18.7 Å². The van der Waals surface area contributed by atoms with Gasteiger partial charge in [0, 0.05) is 19.0 Å². The van der Waals surface area contributed by atoms with Crippen LogP contribution in [0.1, 0.15) is 25.7 Å². The van der Waals surface area contributed by atoms with Gasteiger partial charge in [0.25, 0.3) is 0 Å². The summed E-state index contributed by atoms with van der Waals surface area (Å²) in [5.41, 5.74) is 6.50. The van der Waals surface area contributed by atoms with Crippen LogP contribution in [0.25, 0.3) is 0 Å². The quantitative estimate of drug-likeness (QED) is 0.829. The van der Waals surface area contributed by atoms with Gasteiger partial charge in [0.15, 0.2) is 0 Å². The number of methoxy groups -OCH3 is 1. The van der Waals surface area contributed by atoms with Crippen molar-refractivity contribution in [2.75, 3.05) is 25.1 Å². The van der Waals surface area contributed by atoms with E-state index in [1.54, 1.807) is 12.0 Å². The molecular weight excluding hydrogens is 342 g/mol. The Labute approximate surface area is 154 Å². The topological polar surface area (TPSA) is 84.7 Å². The monoisotopic (exact) mass is 367 g/mol. The van der Waals surface area contributed by atoms with Crippen molar-refractivity contribution >= 4 is 29.9 Å². The van der Waals surface area contributed by atoms with E-state index in [0.717, 1.165) is 24.9 Å². The summed E-state index contributed by atoms with van der Waals surface area (Å²) in [6.07, 6.45) is 3.39.